The molecule has 4 aromatic rings. The molecule has 4 aliphatic rings. The summed E-state index contributed by atoms with van der Waals surface area (Å²) in [7, 11) is 2.10. The van der Waals surface area contributed by atoms with Crippen molar-refractivity contribution in [1.29, 1.82) is 0 Å². The summed E-state index contributed by atoms with van der Waals surface area (Å²) in [6.45, 7) is 1.58. The first-order valence-corrected chi connectivity index (χ1v) is 20.9. The Labute approximate surface area is 312 Å². The van der Waals surface area contributed by atoms with Crippen LogP contribution in [0, 0.1) is 0 Å². The van der Waals surface area contributed by atoms with Crippen LogP contribution in [0.25, 0.3) is 22.3 Å². The summed E-state index contributed by atoms with van der Waals surface area (Å²) in [5.74, 6) is 1.59. The van der Waals surface area contributed by atoms with Crippen molar-refractivity contribution in [3.63, 3.8) is 0 Å². The Hall–Kier alpha value is -2.07. The van der Waals surface area contributed by atoms with Gasteiger partial charge in [-0.05, 0) is 92.3 Å². The zero-order valence-corrected chi connectivity index (χ0v) is 32.3. The maximum Gasteiger partial charge on any atom is 0.226 e. The van der Waals surface area contributed by atoms with Crippen LogP contribution in [0.4, 0.5) is 11.6 Å². The number of ether oxygens (including phenoxy) is 2. The third-order valence-corrected chi connectivity index (χ3v) is 10.4. The van der Waals surface area contributed by atoms with Gasteiger partial charge in [0.2, 0.25) is 10.6 Å². The fourth-order valence-electron chi connectivity index (χ4n) is 7.50. The third-order valence-electron chi connectivity index (χ3n) is 10.1. The molecule has 15 heteroatoms. The maximum absolute atomic E-state index is 6.24. The first-order valence-electron chi connectivity index (χ1n) is 18.0. The van der Waals surface area contributed by atoms with E-state index in [2.05, 4.69) is 69.8 Å². The van der Waals surface area contributed by atoms with Crippen LogP contribution < -0.4 is 10.2 Å². The number of aromatic nitrogens is 8. The molecule has 0 bridgehead atoms. The highest BCUT2D eigenvalue weighted by Gasteiger charge is 2.26. The Bertz CT molecular complexity index is 1630. The highest BCUT2D eigenvalue weighted by atomic mass is 127. The highest BCUT2D eigenvalue weighted by Crippen LogP contribution is 2.33. The largest absolute Gasteiger partial charge is 0.365 e. The first kappa shape index (κ1) is 36.7. The third kappa shape index (κ3) is 8.88. The van der Waals surface area contributed by atoms with Crippen molar-refractivity contribution < 1.29 is 9.47 Å². The summed E-state index contributed by atoms with van der Waals surface area (Å²) in [6.07, 6.45) is 22.7. The van der Waals surface area contributed by atoms with Crippen LogP contribution in [0.2, 0.25) is 10.6 Å². The van der Waals surface area contributed by atoms with Crippen LogP contribution in [0.15, 0.2) is 12.7 Å². The summed E-state index contributed by atoms with van der Waals surface area (Å²) < 4.78 is 15.8. The van der Waals surface area contributed by atoms with Crippen molar-refractivity contribution in [3.05, 3.63) is 23.2 Å². The van der Waals surface area contributed by atoms with Gasteiger partial charge in [0.1, 0.15) is 12.5 Å². The van der Waals surface area contributed by atoms with E-state index in [1.807, 2.05) is 20.4 Å². The van der Waals surface area contributed by atoms with Crippen molar-refractivity contribution in [2.24, 2.45) is 0 Å². The molecule has 2 saturated heterocycles. The number of hydrogen-bond donors (Lipinski definition) is 1. The lowest BCUT2D eigenvalue weighted by Gasteiger charge is -2.32. The molecule has 2 unspecified atom stereocenters. The molecule has 2 aliphatic carbocycles. The Morgan fingerprint density at radius 1 is 0.673 bits per heavy atom. The molecule has 0 aromatic carbocycles. The van der Waals surface area contributed by atoms with E-state index in [1.165, 1.54) is 64.2 Å². The summed E-state index contributed by atoms with van der Waals surface area (Å²) in [4.78, 5) is 31.1. The summed E-state index contributed by atoms with van der Waals surface area (Å²) in [5.41, 5.74) is 3.14. The van der Waals surface area contributed by atoms with Crippen molar-refractivity contribution >= 4 is 79.8 Å². The molecular weight excluding hydrogens is 778 g/mol. The zero-order chi connectivity index (χ0) is 34.2. The van der Waals surface area contributed by atoms with Gasteiger partial charge in [0.05, 0.1) is 12.7 Å². The lowest BCUT2D eigenvalue weighted by Crippen LogP contribution is -2.34. The molecule has 8 rings (SSSR count). The lowest BCUT2D eigenvalue weighted by molar-refractivity contribution is -0.0299. The van der Waals surface area contributed by atoms with E-state index in [4.69, 9.17) is 32.7 Å². The molecule has 268 valence electrons. The average Bonchev–Trinajstić information content (AvgIpc) is 3.78. The molecule has 0 radical (unpaired) electrons. The smallest absolute Gasteiger partial charge is 0.226 e. The van der Waals surface area contributed by atoms with Gasteiger partial charge in [-0.1, -0.05) is 61.1 Å². The van der Waals surface area contributed by atoms with Crippen LogP contribution in [-0.2, 0) is 9.47 Å². The Morgan fingerprint density at radius 2 is 1.18 bits per heavy atom. The minimum atomic E-state index is 0.00208. The lowest BCUT2D eigenvalue weighted by atomic mass is 9.94. The van der Waals surface area contributed by atoms with Gasteiger partial charge in [-0.15, -0.1) is 0 Å². The molecule has 49 heavy (non-hydrogen) atoms. The fraction of sp³-hybridized carbons (Fsp3) is 0.706. The van der Waals surface area contributed by atoms with Crippen molar-refractivity contribution in [3.8, 4) is 0 Å². The molecular formula is C34H49Cl2IN10O2. The second kappa shape index (κ2) is 17.9. The van der Waals surface area contributed by atoms with E-state index in [0.717, 1.165) is 85.7 Å². The van der Waals surface area contributed by atoms with Crippen LogP contribution in [0.1, 0.15) is 115 Å². The molecule has 2 atom stereocenters. The molecule has 4 aromatic heterocycles. The van der Waals surface area contributed by atoms with Crippen molar-refractivity contribution in [2.75, 3.05) is 35.4 Å². The van der Waals surface area contributed by atoms with E-state index >= 15 is 0 Å². The number of halogens is 3. The van der Waals surface area contributed by atoms with Gasteiger partial charge >= 0.3 is 0 Å². The Balaban J connectivity index is 0.000000162. The van der Waals surface area contributed by atoms with Crippen LogP contribution in [0.3, 0.4) is 0 Å². The number of nitrogens with zero attached hydrogens (tertiary/aromatic N) is 9. The fourth-order valence-corrected chi connectivity index (χ4v) is 7.83. The molecule has 12 nitrogen and oxygen atoms in total. The number of fused-ring (bicyclic) bond motifs is 2. The minimum absolute atomic E-state index is 0.00208. The second-order valence-electron chi connectivity index (χ2n) is 13.3. The zero-order valence-electron chi connectivity index (χ0n) is 28.7. The SMILES string of the molecule is CI.CN(c1nc(Cl)nc2c1ncn2C1CCCCO1)C1CCCCC1.Clc1nc(NC2CCCCC2)c2ncn(C3CCCCO3)c2n1. The van der Waals surface area contributed by atoms with Gasteiger partial charge in [0, 0.05) is 32.3 Å². The molecule has 0 spiro atoms. The summed E-state index contributed by atoms with van der Waals surface area (Å²) in [5, 5.41) is 4.06. The Morgan fingerprint density at radius 3 is 1.76 bits per heavy atom. The topological polar surface area (TPSA) is 121 Å². The van der Waals surface area contributed by atoms with Crippen LogP contribution in [0.5, 0.6) is 0 Å². The van der Waals surface area contributed by atoms with E-state index in [-0.39, 0.29) is 23.0 Å². The van der Waals surface area contributed by atoms with E-state index in [0.29, 0.717) is 12.1 Å². The van der Waals surface area contributed by atoms with E-state index in [1.54, 1.807) is 6.33 Å². The number of alkyl halides is 1. The van der Waals surface area contributed by atoms with Crippen LogP contribution >= 0.6 is 45.8 Å². The predicted octanol–water partition coefficient (Wildman–Crippen LogP) is 8.92. The van der Waals surface area contributed by atoms with Gasteiger partial charge < -0.3 is 19.7 Å². The van der Waals surface area contributed by atoms with Crippen LogP contribution in [-0.4, -0.2) is 76.3 Å². The summed E-state index contributed by atoms with van der Waals surface area (Å²) in [6, 6.07) is 0.956. The highest BCUT2D eigenvalue weighted by molar-refractivity contribution is 14.1. The molecule has 6 heterocycles. The number of anilines is 2. The van der Waals surface area contributed by atoms with Gasteiger partial charge in [-0.3, -0.25) is 9.13 Å². The first-order chi connectivity index (χ1) is 24.0. The standard InChI is InChI=1S/C17H24ClN5O.C16H22ClN5O.CH3I/c1-22(12-7-3-2-4-8-12)15-14-16(21-17(18)20-15)23(11-19-14)13-9-5-6-10-24-13;17-16-20-14(19-11-6-2-1-3-7-11)13-15(21-16)22(10-18-13)12-8-4-5-9-23-12;1-2/h11-13H,2-10H2,1H3;10-12H,1-9H2,(H,19,20,21);1H3. The molecule has 4 fully saturated rings. The second-order valence-corrected chi connectivity index (χ2v) is 14.0. The number of imidazole rings is 2. The Kier molecular flexibility index (Phi) is 13.4. The molecule has 2 aliphatic heterocycles. The molecule has 0 amide bonds. The van der Waals surface area contributed by atoms with Gasteiger partial charge in [0.25, 0.3) is 0 Å². The summed E-state index contributed by atoms with van der Waals surface area (Å²) >= 11 is 14.6. The molecule has 2 saturated carbocycles. The van der Waals surface area contributed by atoms with E-state index in [9.17, 15) is 0 Å². The number of nitrogens with one attached hydrogen (secondary N) is 1. The van der Waals surface area contributed by atoms with Gasteiger partial charge in [-0.25, -0.2) is 9.97 Å². The van der Waals surface area contributed by atoms with Crippen molar-refractivity contribution in [1.82, 2.24) is 39.0 Å². The minimum Gasteiger partial charge on any atom is -0.365 e. The van der Waals surface area contributed by atoms with E-state index < -0.39 is 0 Å². The predicted molar refractivity (Wildman–Crippen MR) is 204 cm³/mol. The van der Waals surface area contributed by atoms with Gasteiger partial charge in [0.15, 0.2) is 34.0 Å². The number of rotatable bonds is 6. The van der Waals surface area contributed by atoms with Gasteiger partial charge in [-0.2, -0.15) is 19.9 Å². The van der Waals surface area contributed by atoms with Crippen molar-refractivity contribution in [2.45, 2.75) is 127 Å². The average molecular weight is 828 g/mol. The normalized spacial score (nSPS) is 22.2. The quantitative estimate of drug-likeness (QED) is 0.115. The molecule has 1 N–H and O–H groups in total. The monoisotopic (exact) mass is 826 g/mol. The number of hydrogen-bond acceptors (Lipinski definition) is 10. The maximum atomic E-state index is 6.24.